The molecule has 0 N–H and O–H groups in total. The summed E-state index contributed by atoms with van der Waals surface area (Å²) in [6, 6.07) is 21.3. The van der Waals surface area contributed by atoms with E-state index in [9.17, 15) is 0 Å². The summed E-state index contributed by atoms with van der Waals surface area (Å²) in [5.74, 6) is 1.01. The summed E-state index contributed by atoms with van der Waals surface area (Å²) in [7, 11) is 9.53. The van der Waals surface area contributed by atoms with Crippen molar-refractivity contribution < 1.29 is 13.1 Å². The Kier molecular flexibility index (Phi) is 12.6. The predicted molar refractivity (Wildman–Crippen MR) is 150 cm³/mol. The molecular formula is C28H34Cl2FeN2S. The molecule has 2 nitrogen and oxygen atoms in total. The number of nitrogens with zero attached hydrogens (tertiary/aromatic N) is 2. The van der Waals surface area contributed by atoms with E-state index in [1.165, 1.54) is 20.9 Å². The van der Waals surface area contributed by atoms with E-state index in [0.29, 0.717) is 11.8 Å². The van der Waals surface area contributed by atoms with Gasteiger partial charge in [-0.15, -0.1) is 11.3 Å². The Morgan fingerprint density at radius 3 is 1.44 bits per heavy atom. The Morgan fingerprint density at radius 2 is 1.09 bits per heavy atom. The second kappa shape index (κ2) is 14.9. The zero-order valence-electron chi connectivity index (χ0n) is 20.8. The van der Waals surface area contributed by atoms with Gasteiger partial charge in [-0.2, -0.15) is 0 Å². The molecule has 3 rings (SSSR count). The van der Waals surface area contributed by atoms with Crippen LogP contribution >= 0.6 is 31.5 Å². The average molecular weight is 557 g/mol. The van der Waals surface area contributed by atoms with Gasteiger partial charge in [0.05, 0.1) is 22.8 Å². The van der Waals surface area contributed by atoms with Gasteiger partial charge in [-0.05, 0) is 73.9 Å². The molecule has 6 heteroatoms. The number of thiophene rings is 1. The van der Waals surface area contributed by atoms with Gasteiger partial charge in [0.25, 0.3) is 0 Å². The topological polar surface area (TPSA) is 24.7 Å². The van der Waals surface area contributed by atoms with Crippen LogP contribution in [0.3, 0.4) is 0 Å². The molecule has 3 aromatic rings. The fraction of sp³-hybridized carbons (Fsp3) is 0.357. The number of benzene rings is 2. The number of aliphatic imine (C=N–C) groups is 2. The van der Waals surface area contributed by atoms with Gasteiger partial charge in [0.15, 0.2) is 0 Å². The molecule has 0 saturated carbocycles. The first kappa shape index (κ1) is 28.8. The van der Waals surface area contributed by atoms with Gasteiger partial charge < -0.3 is 0 Å². The molecule has 0 fully saturated rings. The van der Waals surface area contributed by atoms with Gasteiger partial charge in [-0.3, -0.25) is 9.98 Å². The van der Waals surface area contributed by atoms with Gasteiger partial charge in [-0.1, -0.05) is 64.1 Å². The molecule has 0 aliphatic rings. The Morgan fingerprint density at radius 1 is 0.735 bits per heavy atom. The first-order valence-corrected chi connectivity index (χ1v) is 15.5. The summed E-state index contributed by atoms with van der Waals surface area (Å²) in [5, 5.41) is 0. The first-order valence-electron chi connectivity index (χ1n) is 11.6. The van der Waals surface area contributed by atoms with Crippen molar-refractivity contribution in [3.63, 3.8) is 0 Å². The molecule has 1 aromatic heterocycles. The van der Waals surface area contributed by atoms with E-state index < -0.39 is 0 Å². The zero-order valence-corrected chi connectivity index (χ0v) is 24.2. The van der Waals surface area contributed by atoms with Crippen molar-refractivity contribution in [2.45, 2.75) is 66.2 Å². The molecule has 0 radical (unpaired) electrons. The molecule has 0 saturated heterocycles. The van der Waals surface area contributed by atoms with Crippen LogP contribution in [-0.4, -0.2) is 11.4 Å². The maximum absolute atomic E-state index is 4.99. The third kappa shape index (κ3) is 8.07. The number of hydrogen-bond acceptors (Lipinski definition) is 3. The molecular weight excluding hydrogens is 523 g/mol. The normalized spacial score (nSPS) is 13.9. The van der Waals surface area contributed by atoms with Crippen LogP contribution in [0.5, 0.6) is 0 Å². The van der Waals surface area contributed by atoms with Crippen molar-refractivity contribution in [1.29, 1.82) is 0 Å². The van der Waals surface area contributed by atoms with Crippen molar-refractivity contribution in [2.24, 2.45) is 9.98 Å². The van der Waals surface area contributed by atoms with Crippen molar-refractivity contribution in [3.8, 4) is 0 Å². The van der Waals surface area contributed by atoms with Gasteiger partial charge in [0.1, 0.15) is 0 Å². The van der Waals surface area contributed by atoms with E-state index >= 15 is 0 Å². The van der Waals surface area contributed by atoms with Crippen molar-refractivity contribution in [3.05, 3.63) is 81.5 Å². The van der Waals surface area contributed by atoms with Crippen LogP contribution in [0.25, 0.3) is 0 Å². The predicted octanol–water partition coefficient (Wildman–Crippen LogP) is 10.4. The molecule has 2 atom stereocenters. The van der Waals surface area contributed by atoms with Crippen molar-refractivity contribution in [2.75, 3.05) is 0 Å². The van der Waals surface area contributed by atoms with Gasteiger partial charge in [0, 0.05) is 9.75 Å². The minimum atomic E-state index is 0.194. The third-order valence-corrected chi connectivity index (χ3v) is 7.36. The van der Waals surface area contributed by atoms with Crippen molar-refractivity contribution in [1.82, 2.24) is 0 Å². The fourth-order valence-electron chi connectivity index (χ4n) is 3.65. The van der Waals surface area contributed by atoms with Crippen LogP contribution in [0, 0.1) is 0 Å². The molecule has 0 amide bonds. The Balaban J connectivity index is 0.00000129. The first-order chi connectivity index (χ1) is 16.4. The summed E-state index contributed by atoms with van der Waals surface area (Å²) in [6.07, 6.45) is 2.23. The van der Waals surface area contributed by atoms with Crippen LogP contribution in [0.1, 0.15) is 87.1 Å². The van der Waals surface area contributed by atoms with E-state index in [1.807, 2.05) is 0 Å². The van der Waals surface area contributed by atoms with Crippen LogP contribution < -0.4 is 0 Å². The van der Waals surface area contributed by atoms with E-state index in [0.717, 1.165) is 35.6 Å². The molecule has 2 unspecified atom stereocenters. The number of rotatable bonds is 8. The molecule has 0 bridgehead atoms. The molecule has 0 spiro atoms. The van der Waals surface area contributed by atoms with Crippen LogP contribution in [-0.2, 0) is 13.1 Å². The molecule has 0 aliphatic heterocycles. The quantitative estimate of drug-likeness (QED) is 0.195. The van der Waals surface area contributed by atoms with Gasteiger partial charge >= 0.3 is 33.3 Å². The number of hydrogen-bond donors (Lipinski definition) is 0. The second-order valence-corrected chi connectivity index (χ2v) is 11.3. The summed E-state index contributed by atoms with van der Waals surface area (Å²) in [4.78, 5) is 12.4. The van der Waals surface area contributed by atoms with Gasteiger partial charge in [-0.25, -0.2) is 0 Å². The van der Waals surface area contributed by atoms with E-state index in [2.05, 4.69) is 102 Å². The third-order valence-electron chi connectivity index (χ3n) is 6.06. The molecule has 2 aromatic carbocycles. The summed E-state index contributed by atoms with van der Waals surface area (Å²) < 4.78 is 0. The molecule has 34 heavy (non-hydrogen) atoms. The summed E-state index contributed by atoms with van der Waals surface area (Å²) in [5.41, 5.74) is 6.91. The molecule has 0 aliphatic carbocycles. The van der Waals surface area contributed by atoms with E-state index in [4.69, 9.17) is 30.2 Å². The minimum absolute atomic E-state index is 0.194. The second-order valence-electron chi connectivity index (χ2n) is 8.35. The van der Waals surface area contributed by atoms with E-state index in [-0.39, 0.29) is 13.1 Å². The Hall–Kier alpha value is -1.42. The Labute approximate surface area is 224 Å². The van der Waals surface area contributed by atoms with Crippen molar-refractivity contribution >= 4 is 54.3 Å². The number of para-hydroxylation sites is 2. The van der Waals surface area contributed by atoms with E-state index in [1.54, 1.807) is 11.3 Å². The Bertz CT molecular complexity index is 1020. The fourth-order valence-corrected chi connectivity index (χ4v) is 4.55. The van der Waals surface area contributed by atoms with Crippen LogP contribution in [0.15, 0.2) is 70.6 Å². The summed E-state index contributed by atoms with van der Waals surface area (Å²) >= 11 is 1.96. The van der Waals surface area contributed by atoms with Crippen LogP contribution in [0.4, 0.5) is 11.4 Å². The van der Waals surface area contributed by atoms with Crippen LogP contribution in [0.2, 0.25) is 0 Å². The molecule has 184 valence electrons. The monoisotopic (exact) mass is 556 g/mol. The number of halogens is 2. The maximum atomic E-state index is 4.99. The SMILES string of the molecule is CCC(C)c1ccccc1N=C(C)c1ccc(C(C)=Nc2ccccc2C(C)CC)s1.[Cl][Fe][Cl]. The average Bonchev–Trinajstić information content (AvgIpc) is 3.35. The van der Waals surface area contributed by atoms with Gasteiger partial charge in [0.2, 0.25) is 0 Å². The summed E-state index contributed by atoms with van der Waals surface area (Å²) in [6.45, 7) is 13.2. The standard InChI is InChI=1S/C28H34N2S.2ClH.Fe/c1-7-19(3)23-13-9-11-15-25(23)29-21(5)27-17-18-28(31-27)22(6)30-26-16-12-10-14-24(26)20(4)8-2;;;/h9-20H,7-8H2,1-6H3;2*1H;/q;;;+2/p-2. The zero-order chi connectivity index (χ0) is 25.1. The molecule has 1 heterocycles.